The Morgan fingerprint density at radius 1 is 1.38 bits per heavy atom. The first-order valence-electron chi connectivity index (χ1n) is 6.00. The highest BCUT2D eigenvalue weighted by Crippen LogP contribution is 2.10. The van der Waals surface area contributed by atoms with Crippen LogP contribution in [0.1, 0.15) is 19.8 Å². The molecule has 0 aromatic rings. The predicted octanol–water partition coefficient (Wildman–Crippen LogP) is 1.03. The van der Waals surface area contributed by atoms with E-state index in [-0.39, 0.29) is 12.7 Å². The summed E-state index contributed by atoms with van der Waals surface area (Å²) < 4.78 is 12.0. The average molecular weight is 247 g/mol. The van der Waals surface area contributed by atoms with Crippen molar-refractivity contribution < 1.29 is 4.39 Å². The van der Waals surface area contributed by atoms with Gasteiger partial charge in [-0.1, -0.05) is 19.1 Å². The molecular weight excluding hydrogens is 225 g/mol. The maximum Gasteiger partial charge on any atom is 0.0906 e. The zero-order valence-electron chi connectivity index (χ0n) is 9.99. The molecule has 1 aliphatic heterocycles. The first-order valence-corrected chi connectivity index (χ1v) is 6.41. The Kier molecular flexibility index (Phi) is 6.16. The third-order valence-corrected chi connectivity index (χ3v) is 3.44. The van der Waals surface area contributed by atoms with E-state index in [1.54, 1.807) is 0 Å². The topological polar surface area (TPSA) is 32.5 Å². The minimum absolute atomic E-state index is 0.218. The number of hydrogen-bond donors (Lipinski definition) is 1. The lowest BCUT2D eigenvalue weighted by atomic mass is 10.1. The SMILES string of the molecule is CCC(C(N)=S)N1CCN(CCCF)CC1. The number of rotatable bonds is 6. The summed E-state index contributed by atoms with van der Waals surface area (Å²) in [4.78, 5) is 5.25. The Morgan fingerprint density at radius 2 is 2.00 bits per heavy atom. The molecular formula is C11H22FN3S. The Balaban J connectivity index is 2.33. The van der Waals surface area contributed by atoms with Crippen molar-refractivity contribution in [1.29, 1.82) is 0 Å². The molecule has 0 spiro atoms. The van der Waals surface area contributed by atoms with Crippen LogP contribution in [0.15, 0.2) is 0 Å². The zero-order valence-corrected chi connectivity index (χ0v) is 10.8. The number of nitrogens with two attached hydrogens (primary N) is 1. The largest absolute Gasteiger partial charge is 0.392 e. The van der Waals surface area contributed by atoms with Crippen molar-refractivity contribution in [2.75, 3.05) is 39.4 Å². The number of nitrogens with zero attached hydrogens (tertiary/aromatic N) is 2. The third kappa shape index (κ3) is 3.96. The second-order valence-corrected chi connectivity index (χ2v) is 4.72. The zero-order chi connectivity index (χ0) is 12.0. The van der Waals surface area contributed by atoms with Crippen LogP contribution >= 0.6 is 12.2 Å². The van der Waals surface area contributed by atoms with E-state index in [9.17, 15) is 4.39 Å². The molecule has 5 heteroatoms. The van der Waals surface area contributed by atoms with E-state index in [0.717, 1.165) is 39.1 Å². The first kappa shape index (κ1) is 13.8. The predicted molar refractivity (Wildman–Crippen MR) is 69.5 cm³/mol. The molecule has 16 heavy (non-hydrogen) atoms. The molecule has 1 rings (SSSR count). The third-order valence-electron chi connectivity index (χ3n) is 3.17. The van der Waals surface area contributed by atoms with Crippen LogP contribution < -0.4 is 5.73 Å². The van der Waals surface area contributed by atoms with Gasteiger partial charge in [-0.2, -0.15) is 0 Å². The monoisotopic (exact) mass is 247 g/mol. The molecule has 94 valence electrons. The number of piperazine rings is 1. The lowest BCUT2D eigenvalue weighted by Crippen LogP contribution is -2.53. The van der Waals surface area contributed by atoms with Crippen molar-refractivity contribution in [2.45, 2.75) is 25.8 Å². The van der Waals surface area contributed by atoms with Crippen molar-refractivity contribution in [3.63, 3.8) is 0 Å². The van der Waals surface area contributed by atoms with Gasteiger partial charge in [0.05, 0.1) is 17.7 Å². The van der Waals surface area contributed by atoms with Crippen LogP contribution in [0.25, 0.3) is 0 Å². The molecule has 1 unspecified atom stereocenters. The van der Waals surface area contributed by atoms with Gasteiger partial charge in [0, 0.05) is 32.7 Å². The summed E-state index contributed by atoms with van der Waals surface area (Å²) in [5, 5.41) is 0. The number of halogens is 1. The molecule has 0 amide bonds. The maximum absolute atomic E-state index is 12.0. The molecule has 1 heterocycles. The van der Waals surface area contributed by atoms with Crippen molar-refractivity contribution in [2.24, 2.45) is 5.73 Å². The van der Waals surface area contributed by atoms with Crippen LogP contribution in [0.4, 0.5) is 4.39 Å². The summed E-state index contributed by atoms with van der Waals surface area (Å²) in [7, 11) is 0. The van der Waals surface area contributed by atoms with Gasteiger partial charge in [0.15, 0.2) is 0 Å². The standard InChI is InChI=1S/C11H22FN3S/c1-2-10(11(13)16)15-8-6-14(7-9-15)5-3-4-12/h10H,2-9H2,1H3,(H2,13,16). The first-order chi connectivity index (χ1) is 7.69. The number of hydrogen-bond acceptors (Lipinski definition) is 3. The molecule has 1 saturated heterocycles. The fourth-order valence-corrected chi connectivity index (χ4v) is 2.54. The molecule has 0 aromatic heterocycles. The number of thiocarbonyl (C=S) groups is 1. The maximum atomic E-state index is 12.0. The van der Waals surface area contributed by atoms with Gasteiger partial charge in [-0.15, -0.1) is 0 Å². The lowest BCUT2D eigenvalue weighted by molar-refractivity contribution is 0.114. The van der Waals surface area contributed by atoms with Crippen LogP contribution in [-0.2, 0) is 0 Å². The average Bonchev–Trinajstić information content (AvgIpc) is 2.28. The van der Waals surface area contributed by atoms with Crippen LogP contribution in [0, 0.1) is 0 Å². The second kappa shape index (κ2) is 7.14. The van der Waals surface area contributed by atoms with E-state index < -0.39 is 0 Å². The fourth-order valence-electron chi connectivity index (χ4n) is 2.22. The fraction of sp³-hybridized carbons (Fsp3) is 0.909. The Morgan fingerprint density at radius 3 is 2.44 bits per heavy atom. The molecule has 1 atom stereocenters. The minimum atomic E-state index is -0.218. The smallest absolute Gasteiger partial charge is 0.0906 e. The summed E-state index contributed by atoms with van der Waals surface area (Å²) in [6.45, 7) is 6.74. The highest BCUT2D eigenvalue weighted by Gasteiger charge is 2.23. The van der Waals surface area contributed by atoms with Crippen LogP contribution in [-0.4, -0.2) is 60.2 Å². The van der Waals surface area contributed by atoms with Crippen molar-refractivity contribution >= 4 is 17.2 Å². The van der Waals surface area contributed by atoms with E-state index in [4.69, 9.17) is 18.0 Å². The Bertz CT molecular complexity index is 217. The minimum Gasteiger partial charge on any atom is -0.392 e. The van der Waals surface area contributed by atoms with Crippen LogP contribution in [0.3, 0.4) is 0 Å². The van der Waals surface area contributed by atoms with E-state index in [0.29, 0.717) is 11.4 Å². The summed E-state index contributed by atoms with van der Waals surface area (Å²) in [6.07, 6.45) is 1.62. The Hall–Kier alpha value is -0.260. The molecule has 2 N–H and O–H groups in total. The van der Waals surface area contributed by atoms with Crippen LogP contribution in [0.5, 0.6) is 0 Å². The van der Waals surface area contributed by atoms with Gasteiger partial charge in [0.2, 0.25) is 0 Å². The van der Waals surface area contributed by atoms with Gasteiger partial charge in [-0.05, 0) is 12.8 Å². The summed E-state index contributed by atoms with van der Waals surface area (Å²) in [5.41, 5.74) is 5.72. The van der Waals surface area contributed by atoms with Crippen molar-refractivity contribution in [1.82, 2.24) is 9.80 Å². The van der Waals surface area contributed by atoms with Gasteiger partial charge >= 0.3 is 0 Å². The second-order valence-electron chi connectivity index (χ2n) is 4.25. The van der Waals surface area contributed by atoms with Gasteiger partial charge in [0.25, 0.3) is 0 Å². The van der Waals surface area contributed by atoms with Crippen molar-refractivity contribution in [3.05, 3.63) is 0 Å². The summed E-state index contributed by atoms with van der Waals surface area (Å²) >= 11 is 5.07. The highest BCUT2D eigenvalue weighted by atomic mass is 32.1. The van der Waals surface area contributed by atoms with Crippen molar-refractivity contribution in [3.8, 4) is 0 Å². The molecule has 0 radical (unpaired) electrons. The molecule has 0 aromatic carbocycles. The lowest BCUT2D eigenvalue weighted by Gasteiger charge is -2.38. The quantitative estimate of drug-likeness (QED) is 0.711. The van der Waals surface area contributed by atoms with E-state index >= 15 is 0 Å². The van der Waals surface area contributed by atoms with Gasteiger partial charge in [-0.25, -0.2) is 0 Å². The summed E-state index contributed by atoms with van der Waals surface area (Å²) in [6, 6.07) is 0.235. The summed E-state index contributed by atoms with van der Waals surface area (Å²) in [5.74, 6) is 0. The Labute approximate surface area is 103 Å². The van der Waals surface area contributed by atoms with Gasteiger partial charge in [-0.3, -0.25) is 9.29 Å². The molecule has 1 aliphatic rings. The molecule has 3 nitrogen and oxygen atoms in total. The van der Waals surface area contributed by atoms with Gasteiger partial charge in [0.1, 0.15) is 0 Å². The molecule has 1 fully saturated rings. The molecule has 0 bridgehead atoms. The normalized spacial score (nSPS) is 20.9. The number of alkyl halides is 1. The highest BCUT2D eigenvalue weighted by molar-refractivity contribution is 7.80. The van der Waals surface area contributed by atoms with E-state index in [1.165, 1.54) is 0 Å². The van der Waals surface area contributed by atoms with Gasteiger partial charge < -0.3 is 10.6 Å². The van der Waals surface area contributed by atoms with Crippen LogP contribution in [0.2, 0.25) is 0 Å². The molecule has 0 aliphatic carbocycles. The molecule has 0 saturated carbocycles. The van der Waals surface area contributed by atoms with E-state index in [1.807, 2.05) is 0 Å². The van der Waals surface area contributed by atoms with E-state index in [2.05, 4.69) is 16.7 Å².